The summed E-state index contributed by atoms with van der Waals surface area (Å²) in [6.07, 6.45) is 0. The van der Waals surface area contributed by atoms with Gasteiger partial charge >= 0.3 is 0 Å². The zero-order valence-electron chi connectivity index (χ0n) is 11.1. The summed E-state index contributed by atoms with van der Waals surface area (Å²) < 4.78 is 10.7. The highest BCUT2D eigenvalue weighted by Crippen LogP contribution is 2.36. The number of hydrogen-bond donors (Lipinski definition) is 1. The van der Waals surface area contributed by atoms with E-state index >= 15 is 0 Å². The molecule has 2 aromatic rings. The Labute approximate surface area is 117 Å². The largest absolute Gasteiger partial charge is 0.454 e. The van der Waals surface area contributed by atoms with Gasteiger partial charge in [0.05, 0.1) is 6.04 Å². The monoisotopic (exact) mass is 275 g/mol. The van der Waals surface area contributed by atoms with Gasteiger partial charge in [-0.1, -0.05) is 19.9 Å². The molecule has 100 valence electrons. The third-order valence-corrected chi connectivity index (χ3v) is 4.17. The van der Waals surface area contributed by atoms with Crippen LogP contribution in [0.4, 0.5) is 5.69 Å². The molecule has 1 unspecified atom stereocenters. The number of anilines is 1. The van der Waals surface area contributed by atoms with E-state index in [1.165, 1.54) is 4.88 Å². The number of hydrogen-bond acceptors (Lipinski definition) is 4. The van der Waals surface area contributed by atoms with Crippen molar-refractivity contribution in [2.24, 2.45) is 5.92 Å². The first kappa shape index (κ1) is 12.4. The second kappa shape index (κ2) is 5.13. The molecule has 1 N–H and O–H groups in total. The minimum Gasteiger partial charge on any atom is -0.454 e. The van der Waals surface area contributed by atoms with Gasteiger partial charge in [0.15, 0.2) is 11.5 Å². The molecular formula is C15H17NO2S. The predicted molar refractivity (Wildman–Crippen MR) is 78.1 cm³/mol. The van der Waals surface area contributed by atoms with Crippen LogP contribution in [0.15, 0.2) is 35.7 Å². The molecule has 2 heterocycles. The maximum absolute atomic E-state index is 5.41. The van der Waals surface area contributed by atoms with Gasteiger partial charge in [-0.05, 0) is 29.5 Å². The van der Waals surface area contributed by atoms with Crippen LogP contribution in [0, 0.1) is 5.92 Å². The summed E-state index contributed by atoms with van der Waals surface area (Å²) in [7, 11) is 0. The summed E-state index contributed by atoms with van der Waals surface area (Å²) in [6, 6.07) is 10.6. The lowest BCUT2D eigenvalue weighted by Gasteiger charge is -2.22. The van der Waals surface area contributed by atoms with Gasteiger partial charge in [0.25, 0.3) is 0 Å². The fourth-order valence-corrected chi connectivity index (χ4v) is 3.15. The van der Waals surface area contributed by atoms with Crippen molar-refractivity contribution in [1.82, 2.24) is 0 Å². The zero-order valence-corrected chi connectivity index (χ0v) is 11.9. The molecule has 0 aliphatic carbocycles. The van der Waals surface area contributed by atoms with Crippen molar-refractivity contribution in [1.29, 1.82) is 0 Å². The molecule has 19 heavy (non-hydrogen) atoms. The minimum atomic E-state index is 0.317. The van der Waals surface area contributed by atoms with Crippen LogP contribution in [0.2, 0.25) is 0 Å². The molecule has 1 aliphatic rings. The van der Waals surface area contributed by atoms with Crippen LogP contribution in [0.5, 0.6) is 11.5 Å². The van der Waals surface area contributed by atoms with Crippen LogP contribution < -0.4 is 14.8 Å². The molecule has 3 nitrogen and oxygen atoms in total. The predicted octanol–water partition coefficient (Wildman–Crippen LogP) is 4.29. The number of benzene rings is 1. The zero-order chi connectivity index (χ0) is 13.2. The molecule has 3 rings (SSSR count). The Balaban J connectivity index is 1.82. The van der Waals surface area contributed by atoms with Crippen molar-refractivity contribution >= 4 is 17.0 Å². The fourth-order valence-electron chi connectivity index (χ4n) is 2.20. The van der Waals surface area contributed by atoms with Crippen LogP contribution in [0.3, 0.4) is 0 Å². The molecule has 0 spiro atoms. The second-order valence-corrected chi connectivity index (χ2v) is 5.93. The summed E-state index contributed by atoms with van der Waals surface area (Å²) in [5.74, 6) is 2.16. The standard InChI is InChI=1S/C15H17NO2S/c1-10(2)15(14-4-3-7-19-14)16-11-5-6-12-13(8-11)18-9-17-12/h3-8,10,15-16H,9H2,1-2H3. The van der Waals surface area contributed by atoms with Gasteiger partial charge in [0, 0.05) is 16.6 Å². The molecule has 1 aromatic carbocycles. The maximum atomic E-state index is 5.41. The molecule has 1 aromatic heterocycles. The van der Waals surface area contributed by atoms with Crippen molar-refractivity contribution in [3.05, 3.63) is 40.6 Å². The molecule has 0 saturated heterocycles. The summed E-state index contributed by atoms with van der Waals surface area (Å²) >= 11 is 1.79. The average Bonchev–Trinajstić information content (AvgIpc) is 3.06. The molecule has 1 atom stereocenters. The summed E-state index contributed by atoms with van der Waals surface area (Å²) in [5, 5.41) is 5.70. The summed E-state index contributed by atoms with van der Waals surface area (Å²) in [5.41, 5.74) is 1.07. The van der Waals surface area contributed by atoms with Gasteiger partial charge in [-0.2, -0.15) is 0 Å². The second-order valence-electron chi connectivity index (χ2n) is 4.95. The van der Waals surface area contributed by atoms with Gasteiger partial charge in [-0.25, -0.2) is 0 Å². The normalized spacial score (nSPS) is 14.7. The highest BCUT2D eigenvalue weighted by molar-refractivity contribution is 7.10. The van der Waals surface area contributed by atoms with Crippen LogP contribution in [0.25, 0.3) is 0 Å². The van der Waals surface area contributed by atoms with Gasteiger partial charge in [0.2, 0.25) is 6.79 Å². The van der Waals surface area contributed by atoms with Gasteiger partial charge in [0.1, 0.15) is 0 Å². The Kier molecular flexibility index (Phi) is 3.34. The quantitative estimate of drug-likeness (QED) is 0.903. The molecule has 4 heteroatoms. The van der Waals surface area contributed by atoms with Crippen molar-refractivity contribution in [3.8, 4) is 11.5 Å². The first-order chi connectivity index (χ1) is 9.24. The molecule has 0 bridgehead atoms. The van der Waals surface area contributed by atoms with Crippen LogP contribution in [-0.4, -0.2) is 6.79 Å². The smallest absolute Gasteiger partial charge is 0.231 e. The van der Waals surface area contributed by atoms with Crippen LogP contribution in [-0.2, 0) is 0 Å². The number of rotatable bonds is 4. The molecule has 1 aliphatic heterocycles. The highest BCUT2D eigenvalue weighted by atomic mass is 32.1. The van der Waals surface area contributed by atoms with E-state index in [9.17, 15) is 0 Å². The van der Waals surface area contributed by atoms with Crippen molar-refractivity contribution < 1.29 is 9.47 Å². The minimum absolute atomic E-state index is 0.317. The highest BCUT2D eigenvalue weighted by Gasteiger charge is 2.18. The SMILES string of the molecule is CC(C)C(Nc1ccc2c(c1)OCO2)c1cccs1. The molecule has 0 saturated carbocycles. The average molecular weight is 275 g/mol. The number of thiophene rings is 1. The molecule has 0 fully saturated rings. The van der Waals surface area contributed by atoms with E-state index in [2.05, 4.69) is 36.7 Å². The lowest BCUT2D eigenvalue weighted by Crippen LogP contribution is -2.15. The number of fused-ring (bicyclic) bond motifs is 1. The van der Waals surface area contributed by atoms with E-state index in [0.29, 0.717) is 18.8 Å². The van der Waals surface area contributed by atoms with Crippen molar-refractivity contribution in [3.63, 3.8) is 0 Å². The Bertz CT molecular complexity index is 551. The third kappa shape index (κ3) is 2.54. The van der Waals surface area contributed by atoms with Crippen molar-refractivity contribution in [2.45, 2.75) is 19.9 Å². The molecular weight excluding hydrogens is 258 g/mol. The van der Waals surface area contributed by atoms with E-state index in [-0.39, 0.29) is 0 Å². The van der Waals surface area contributed by atoms with Crippen LogP contribution in [0.1, 0.15) is 24.8 Å². The van der Waals surface area contributed by atoms with Gasteiger partial charge in [-0.3, -0.25) is 0 Å². The Morgan fingerprint density at radius 2 is 2.00 bits per heavy atom. The van der Waals surface area contributed by atoms with Gasteiger partial charge in [-0.15, -0.1) is 11.3 Å². The summed E-state index contributed by atoms with van der Waals surface area (Å²) in [6.45, 7) is 4.77. The topological polar surface area (TPSA) is 30.5 Å². The first-order valence-electron chi connectivity index (χ1n) is 6.43. The number of nitrogens with one attached hydrogen (secondary N) is 1. The van der Waals surface area contributed by atoms with Gasteiger partial charge < -0.3 is 14.8 Å². The summed E-state index contributed by atoms with van der Waals surface area (Å²) in [4.78, 5) is 1.35. The van der Waals surface area contributed by atoms with E-state index in [0.717, 1.165) is 17.2 Å². The van der Waals surface area contributed by atoms with E-state index in [4.69, 9.17) is 9.47 Å². The molecule has 0 amide bonds. The van der Waals surface area contributed by atoms with Crippen molar-refractivity contribution in [2.75, 3.05) is 12.1 Å². The third-order valence-electron chi connectivity index (χ3n) is 3.21. The van der Waals surface area contributed by atoms with Crippen LogP contribution >= 0.6 is 11.3 Å². The lowest BCUT2D eigenvalue weighted by atomic mass is 10.0. The fraction of sp³-hybridized carbons (Fsp3) is 0.333. The maximum Gasteiger partial charge on any atom is 0.231 e. The lowest BCUT2D eigenvalue weighted by molar-refractivity contribution is 0.174. The van der Waals surface area contributed by atoms with E-state index in [1.807, 2.05) is 18.2 Å². The van der Waals surface area contributed by atoms with E-state index < -0.39 is 0 Å². The Morgan fingerprint density at radius 3 is 2.74 bits per heavy atom. The Hall–Kier alpha value is -1.68. The molecule has 0 radical (unpaired) electrons. The Morgan fingerprint density at radius 1 is 1.16 bits per heavy atom. The first-order valence-corrected chi connectivity index (χ1v) is 7.31. The number of ether oxygens (including phenoxy) is 2. The van der Waals surface area contributed by atoms with E-state index in [1.54, 1.807) is 11.3 Å².